The number of hydrogen-bond acceptors (Lipinski definition) is 3. The molecule has 2 atom stereocenters. The maximum absolute atomic E-state index is 13.2. The van der Waals surface area contributed by atoms with Crippen LogP contribution in [-0.2, 0) is 27.7 Å². The lowest BCUT2D eigenvalue weighted by Crippen LogP contribution is -2.49. The van der Waals surface area contributed by atoms with Crippen LogP contribution >= 0.6 is 0 Å². The third-order valence-electron chi connectivity index (χ3n) is 6.06. The molecule has 1 aliphatic carbocycles. The Morgan fingerprint density at radius 2 is 1.77 bits per heavy atom. The first-order chi connectivity index (χ1) is 14.1. The summed E-state index contributed by atoms with van der Waals surface area (Å²) < 4.78 is 26.6. The molecular formula is C24H32N2O3S. The first-order valence-electron chi connectivity index (χ1n) is 10.6. The van der Waals surface area contributed by atoms with Gasteiger partial charge in [-0.25, -0.2) is 8.42 Å². The van der Waals surface area contributed by atoms with E-state index < -0.39 is 16.1 Å². The summed E-state index contributed by atoms with van der Waals surface area (Å²) in [4.78, 5) is 13.2. The topological polar surface area (TPSA) is 66.5 Å². The van der Waals surface area contributed by atoms with Gasteiger partial charge in [-0.2, -0.15) is 0 Å². The fourth-order valence-corrected chi connectivity index (χ4v) is 5.38. The van der Waals surface area contributed by atoms with Crippen LogP contribution in [0.2, 0.25) is 0 Å². The van der Waals surface area contributed by atoms with E-state index in [1.165, 1.54) is 21.9 Å². The number of benzene rings is 2. The minimum Gasteiger partial charge on any atom is -0.348 e. The molecule has 30 heavy (non-hydrogen) atoms. The van der Waals surface area contributed by atoms with Crippen LogP contribution in [0.4, 0.5) is 5.69 Å². The number of anilines is 1. The van der Waals surface area contributed by atoms with E-state index in [0.717, 1.165) is 35.8 Å². The molecule has 2 aromatic carbocycles. The fourth-order valence-electron chi connectivity index (χ4n) is 4.18. The van der Waals surface area contributed by atoms with Gasteiger partial charge < -0.3 is 5.32 Å². The third kappa shape index (κ3) is 4.69. The summed E-state index contributed by atoms with van der Waals surface area (Å²) in [6.45, 7) is 7.70. The normalized spacial score (nSPS) is 15.4. The molecule has 2 aromatic rings. The Kier molecular flexibility index (Phi) is 6.56. The number of amides is 1. The van der Waals surface area contributed by atoms with E-state index in [4.69, 9.17) is 0 Å². The van der Waals surface area contributed by atoms with Crippen molar-refractivity contribution in [3.63, 3.8) is 0 Å². The third-order valence-corrected chi connectivity index (χ3v) is 7.24. The van der Waals surface area contributed by atoms with Crippen molar-refractivity contribution >= 4 is 21.6 Å². The van der Waals surface area contributed by atoms with E-state index in [1.54, 1.807) is 6.07 Å². The van der Waals surface area contributed by atoms with Crippen molar-refractivity contribution in [2.24, 2.45) is 0 Å². The number of aryl methyl sites for hydroxylation is 4. The van der Waals surface area contributed by atoms with E-state index in [2.05, 4.69) is 23.5 Å². The van der Waals surface area contributed by atoms with Crippen molar-refractivity contribution in [3.8, 4) is 0 Å². The summed E-state index contributed by atoms with van der Waals surface area (Å²) in [5, 5.41) is 3.04. The van der Waals surface area contributed by atoms with Crippen LogP contribution in [0.25, 0.3) is 0 Å². The largest absolute Gasteiger partial charge is 0.348 e. The van der Waals surface area contributed by atoms with Gasteiger partial charge >= 0.3 is 0 Å². The van der Waals surface area contributed by atoms with Crippen LogP contribution in [0.1, 0.15) is 60.5 Å². The number of carbonyl (C=O) groups excluding carboxylic acids is 1. The van der Waals surface area contributed by atoms with Crippen molar-refractivity contribution < 1.29 is 13.2 Å². The zero-order valence-electron chi connectivity index (χ0n) is 18.5. The molecule has 0 aliphatic heterocycles. The van der Waals surface area contributed by atoms with Crippen molar-refractivity contribution in [1.29, 1.82) is 0 Å². The number of nitrogens with zero attached hydrogens (tertiary/aromatic N) is 1. The molecule has 162 valence electrons. The molecule has 1 amide bonds. The Labute approximate surface area is 180 Å². The summed E-state index contributed by atoms with van der Waals surface area (Å²) in [7, 11) is -3.64. The number of sulfonamides is 1. The summed E-state index contributed by atoms with van der Waals surface area (Å²) >= 11 is 0. The standard InChI is InChI=1S/C24H32N2O3S/c1-6-23(26(30(5,28)29)22-13-10-16(2)17(3)14-22)24(27)25-18(4)20-12-11-19-8-7-9-21(19)15-20/h10-15,18,23H,6-9H2,1-5H3,(H,25,27)/t18-,23-/m1/s1. The van der Waals surface area contributed by atoms with Gasteiger partial charge in [0, 0.05) is 0 Å². The van der Waals surface area contributed by atoms with Crippen LogP contribution < -0.4 is 9.62 Å². The predicted molar refractivity (Wildman–Crippen MR) is 122 cm³/mol. The number of hydrogen-bond donors (Lipinski definition) is 1. The lowest BCUT2D eigenvalue weighted by Gasteiger charge is -2.31. The van der Waals surface area contributed by atoms with Crippen molar-refractivity contribution in [2.45, 2.75) is 65.5 Å². The molecule has 0 radical (unpaired) electrons. The van der Waals surface area contributed by atoms with Crippen molar-refractivity contribution in [3.05, 3.63) is 64.2 Å². The van der Waals surface area contributed by atoms with Gasteiger partial charge in [-0.05, 0) is 86.4 Å². The second-order valence-electron chi connectivity index (χ2n) is 8.36. The Hall–Kier alpha value is -2.34. The van der Waals surface area contributed by atoms with E-state index in [1.807, 2.05) is 39.8 Å². The monoisotopic (exact) mass is 428 g/mol. The van der Waals surface area contributed by atoms with Crippen LogP contribution in [-0.4, -0.2) is 26.6 Å². The van der Waals surface area contributed by atoms with E-state index in [-0.39, 0.29) is 11.9 Å². The van der Waals surface area contributed by atoms with Gasteiger partial charge in [0.2, 0.25) is 15.9 Å². The van der Waals surface area contributed by atoms with E-state index in [9.17, 15) is 13.2 Å². The highest BCUT2D eigenvalue weighted by Crippen LogP contribution is 2.27. The minimum atomic E-state index is -3.64. The minimum absolute atomic E-state index is 0.196. The number of rotatable bonds is 7. The molecule has 0 aromatic heterocycles. The molecule has 0 saturated carbocycles. The van der Waals surface area contributed by atoms with Crippen LogP contribution in [0.15, 0.2) is 36.4 Å². The second kappa shape index (κ2) is 8.80. The first-order valence-corrected chi connectivity index (χ1v) is 12.5. The van der Waals surface area contributed by atoms with Gasteiger partial charge in [-0.1, -0.05) is 31.2 Å². The van der Waals surface area contributed by atoms with Crippen molar-refractivity contribution in [2.75, 3.05) is 10.6 Å². The maximum Gasteiger partial charge on any atom is 0.244 e. The first kappa shape index (κ1) is 22.3. The van der Waals surface area contributed by atoms with E-state index >= 15 is 0 Å². The Morgan fingerprint density at radius 3 is 2.40 bits per heavy atom. The number of nitrogens with one attached hydrogen (secondary N) is 1. The molecule has 0 heterocycles. The summed E-state index contributed by atoms with van der Waals surface area (Å²) in [6.07, 6.45) is 4.91. The lowest BCUT2D eigenvalue weighted by atomic mass is 10.0. The molecule has 5 nitrogen and oxygen atoms in total. The quantitative estimate of drug-likeness (QED) is 0.718. The Morgan fingerprint density at radius 1 is 1.07 bits per heavy atom. The molecule has 0 unspecified atom stereocenters. The maximum atomic E-state index is 13.2. The van der Waals surface area contributed by atoms with Crippen LogP contribution in [0.3, 0.4) is 0 Å². The average molecular weight is 429 g/mol. The predicted octanol–water partition coefficient (Wildman–Crippen LogP) is 4.21. The fraction of sp³-hybridized carbons (Fsp3) is 0.458. The highest BCUT2D eigenvalue weighted by atomic mass is 32.2. The van der Waals surface area contributed by atoms with Gasteiger partial charge in [0.05, 0.1) is 18.0 Å². The number of fused-ring (bicyclic) bond motifs is 1. The van der Waals surface area contributed by atoms with Gasteiger partial charge in [0.1, 0.15) is 6.04 Å². The molecule has 1 N–H and O–H groups in total. The van der Waals surface area contributed by atoms with Gasteiger partial charge in [0.15, 0.2) is 0 Å². The van der Waals surface area contributed by atoms with E-state index in [0.29, 0.717) is 12.1 Å². The van der Waals surface area contributed by atoms with Gasteiger partial charge in [0.25, 0.3) is 0 Å². The Balaban J connectivity index is 1.86. The van der Waals surface area contributed by atoms with Gasteiger partial charge in [-0.15, -0.1) is 0 Å². The summed E-state index contributed by atoms with van der Waals surface area (Å²) in [5.74, 6) is -0.283. The van der Waals surface area contributed by atoms with Crippen LogP contribution in [0, 0.1) is 13.8 Å². The number of carbonyl (C=O) groups is 1. The zero-order valence-corrected chi connectivity index (χ0v) is 19.3. The lowest BCUT2D eigenvalue weighted by molar-refractivity contribution is -0.122. The molecule has 0 fully saturated rings. The van der Waals surface area contributed by atoms with Crippen molar-refractivity contribution in [1.82, 2.24) is 5.32 Å². The van der Waals surface area contributed by atoms with Crippen LogP contribution in [0.5, 0.6) is 0 Å². The Bertz CT molecular complexity index is 1050. The molecular weight excluding hydrogens is 396 g/mol. The molecule has 0 bridgehead atoms. The van der Waals surface area contributed by atoms with Gasteiger partial charge in [-0.3, -0.25) is 9.10 Å². The zero-order chi connectivity index (χ0) is 22.1. The summed E-state index contributed by atoms with van der Waals surface area (Å²) in [5.41, 5.74) is 6.39. The average Bonchev–Trinajstić information content (AvgIpc) is 3.15. The smallest absolute Gasteiger partial charge is 0.244 e. The molecule has 0 saturated heterocycles. The molecule has 6 heteroatoms. The highest BCUT2D eigenvalue weighted by Gasteiger charge is 2.32. The summed E-state index contributed by atoms with van der Waals surface area (Å²) in [6, 6.07) is 10.9. The SMILES string of the molecule is CC[C@H](C(=O)N[C@H](C)c1ccc2c(c1)CCC2)N(c1ccc(C)c(C)c1)S(C)(=O)=O. The molecule has 1 aliphatic rings. The molecule has 3 rings (SSSR count). The molecule has 0 spiro atoms. The highest BCUT2D eigenvalue weighted by molar-refractivity contribution is 7.92. The second-order valence-corrected chi connectivity index (χ2v) is 10.2.